The minimum Gasteiger partial charge on any atom is -0.391 e. The Kier molecular flexibility index (Phi) is 4.78. The molecule has 2 N–H and O–H groups in total. The largest absolute Gasteiger partial charge is 0.391 e. The SMILES string of the molecule is CC(C)(C)C(O)CNC(=O)C(=O)N1CCc2c(Cl)cccc21. The van der Waals surface area contributed by atoms with Crippen LogP contribution < -0.4 is 10.2 Å². The summed E-state index contributed by atoms with van der Waals surface area (Å²) in [6, 6.07) is 5.31. The molecule has 1 aromatic rings. The Morgan fingerprint density at radius 2 is 2.09 bits per heavy atom. The Labute approximate surface area is 135 Å². The Morgan fingerprint density at radius 1 is 1.41 bits per heavy atom. The molecule has 0 saturated carbocycles. The number of rotatable bonds is 2. The van der Waals surface area contributed by atoms with Gasteiger partial charge in [0.05, 0.1) is 6.10 Å². The van der Waals surface area contributed by atoms with Crippen LogP contribution in [0.15, 0.2) is 18.2 Å². The lowest BCUT2D eigenvalue weighted by Gasteiger charge is -2.26. The third-order valence-electron chi connectivity index (χ3n) is 3.87. The number of aliphatic hydroxyl groups is 1. The topological polar surface area (TPSA) is 69.6 Å². The minimum absolute atomic E-state index is 0.0459. The molecule has 22 heavy (non-hydrogen) atoms. The van der Waals surface area contributed by atoms with Crippen LogP contribution in [0.4, 0.5) is 5.69 Å². The van der Waals surface area contributed by atoms with Gasteiger partial charge in [-0.3, -0.25) is 9.59 Å². The van der Waals surface area contributed by atoms with Gasteiger partial charge in [0.1, 0.15) is 0 Å². The van der Waals surface area contributed by atoms with Crippen LogP contribution in [-0.2, 0) is 16.0 Å². The first-order valence-electron chi connectivity index (χ1n) is 7.27. The lowest BCUT2D eigenvalue weighted by Crippen LogP contribution is -2.46. The zero-order valence-electron chi connectivity index (χ0n) is 13.0. The lowest BCUT2D eigenvalue weighted by atomic mass is 9.89. The second kappa shape index (κ2) is 6.26. The van der Waals surface area contributed by atoms with Crippen molar-refractivity contribution in [1.82, 2.24) is 5.32 Å². The maximum atomic E-state index is 12.3. The second-order valence-electron chi connectivity index (χ2n) is 6.54. The molecule has 1 atom stereocenters. The van der Waals surface area contributed by atoms with Crippen molar-refractivity contribution in [3.05, 3.63) is 28.8 Å². The van der Waals surface area contributed by atoms with Gasteiger partial charge in [-0.1, -0.05) is 38.4 Å². The number of halogens is 1. The standard InChI is InChI=1S/C16H21ClN2O3/c1-16(2,3)13(20)9-18-14(21)15(22)19-8-7-10-11(17)5-4-6-12(10)19/h4-6,13,20H,7-9H2,1-3H3,(H,18,21). The van der Waals surface area contributed by atoms with Gasteiger partial charge in [-0.15, -0.1) is 0 Å². The van der Waals surface area contributed by atoms with E-state index >= 15 is 0 Å². The smallest absolute Gasteiger partial charge is 0.316 e. The number of anilines is 1. The molecule has 2 rings (SSSR count). The number of hydrogen-bond donors (Lipinski definition) is 2. The highest BCUT2D eigenvalue weighted by atomic mass is 35.5. The molecule has 1 aliphatic heterocycles. The molecule has 0 saturated heterocycles. The highest BCUT2D eigenvalue weighted by Gasteiger charge is 2.31. The van der Waals surface area contributed by atoms with E-state index in [0.29, 0.717) is 23.7 Å². The zero-order valence-corrected chi connectivity index (χ0v) is 13.8. The molecule has 0 aliphatic carbocycles. The average Bonchev–Trinajstić information content (AvgIpc) is 2.87. The fraction of sp³-hybridized carbons (Fsp3) is 0.500. The molecule has 120 valence electrons. The van der Waals surface area contributed by atoms with Crippen LogP contribution in [0.1, 0.15) is 26.3 Å². The van der Waals surface area contributed by atoms with Gasteiger partial charge in [-0.05, 0) is 29.5 Å². The molecule has 1 aromatic carbocycles. The number of benzene rings is 1. The van der Waals surface area contributed by atoms with Gasteiger partial charge in [-0.25, -0.2) is 0 Å². The Morgan fingerprint density at radius 3 is 2.73 bits per heavy atom. The molecule has 2 amide bonds. The number of carbonyl (C=O) groups excluding carboxylic acids is 2. The van der Waals surface area contributed by atoms with Gasteiger partial charge >= 0.3 is 11.8 Å². The van der Waals surface area contributed by atoms with Crippen molar-refractivity contribution in [1.29, 1.82) is 0 Å². The highest BCUT2D eigenvalue weighted by Crippen LogP contribution is 2.33. The van der Waals surface area contributed by atoms with Crippen molar-refractivity contribution in [2.75, 3.05) is 18.0 Å². The maximum absolute atomic E-state index is 12.3. The van der Waals surface area contributed by atoms with Crippen LogP contribution in [0.3, 0.4) is 0 Å². The number of carbonyl (C=O) groups is 2. The van der Waals surface area contributed by atoms with E-state index in [9.17, 15) is 14.7 Å². The minimum atomic E-state index is -0.718. The summed E-state index contributed by atoms with van der Waals surface area (Å²) in [4.78, 5) is 25.7. The van der Waals surface area contributed by atoms with Crippen molar-refractivity contribution in [2.45, 2.75) is 33.3 Å². The van der Waals surface area contributed by atoms with E-state index in [1.165, 1.54) is 4.90 Å². The summed E-state index contributed by atoms with van der Waals surface area (Å²) in [6.07, 6.45) is -0.0805. The van der Waals surface area contributed by atoms with Crippen LogP contribution in [0.25, 0.3) is 0 Å². The number of aliphatic hydroxyl groups excluding tert-OH is 1. The van der Waals surface area contributed by atoms with Crippen LogP contribution in [0.2, 0.25) is 5.02 Å². The lowest BCUT2D eigenvalue weighted by molar-refractivity contribution is -0.138. The van der Waals surface area contributed by atoms with Gasteiger partial charge < -0.3 is 15.3 Å². The van der Waals surface area contributed by atoms with Gasteiger partial charge in [0.2, 0.25) is 0 Å². The van der Waals surface area contributed by atoms with Gasteiger partial charge in [0, 0.05) is 23.8 Å². The van der Waals surface area contributed by atoms with E-state index in [0.717, 1.165) is 5.56 Å². The third-order valence-corrected chi connectivity index (χ3v) is 4.22. The van der Waals surface area contributed by atoms with Crippen molar-refractivity contribution >= 4 is 29.1 Å². The summed E-state index contributed by atoms with van der Waals surface area (Å²) in [5.74, 6) is -1.33. The van der Waals surface area contributed by atoms with E-state index in [1.807, 2.05) is 20.8 Å². The molecule has 1 heterocycles. The molecule has 5 nitrogen and oxygen atoms in total. The van der Waals surface area contributed by atoms with Gasteiger partial charge in [0.25, 0.3) is 0 Å². The summed E-state index contributed by atoms with van der Waals surface area (Å²) in [6.45, 7) is 6.08. The number of amides is 2. The maximum Gasteiger partial charge on any atom is 0.316 e. The van der Waals surface area contributed by atoms with Crippen LogP contribution >= 0.6 is 11.6 Å². The highest BCUT2D eigenvalue weighted by molar-refractivity contribution is 6.41. The van der Waals surface area contributed by atoms with Crippen LogP contribution in [0, 0.1) is 5.41 Å². The van der Waals surface area contributed by atoms with Gasteiger partial charge in [0.15, 0.2) is 0 Å². The molecule has 0 fully saturated rings. The number of nitrogens with zero attached hydrogens (tertiary/aromatic N) is 1. The Balaban J connectivity index is 2.02. The summed E-state index contributed by atoms with van der Waals surface area (Å²) >= 11 is 6.10. The fourth-order valence-electron chi connectivity index (χ4n) is 2.30. The molecule has 0 radical (unpaired) electrons. The Bertz CT molecular complexity index is 596. The van der Waals surface area contributed by atoms with E-state index in [2.05, 4.69) is 5.32 Å². The van der Waals surface area contributed by atoms with Crippen molar-refractivity contribution < 1.29 is 14.7 Å². The fourth-order valence-corrected chi connectivity index (χ4v) is 2.56. The first-order chi connectivity index (χ1) is 10.2. The van der Waals surface area contributed by atoms with E-state index in [4.69, 9.17) is 11.6 Å². The van der Waals surface area contributed by atoms with Crippen LogP contribution in [0.5, 0.6) is 0 Å². The summed E-state index contributed by atoms with van der Waals surface area (Å²) in [5, 5.41) is 13.0. The molecule has 6 heteroatoms. The van der Waals surface area contributed by atoms with E-state index in [1.54, 1.807) is 18.2 Å². The number of nitrogens with one attached hydrogen (secondary N) is 1. The van der Waals surface area contributed by atoms with Crippen LogP contribution in [-0.4, -0.2) is 36.1 Å². The number of hydrogen-bond acceptors (Lipinski definition) is 3. The molecular formula is C16H21ClN2O3. The normalized spacial score (nSPS) is 15.4. The summed E-state index contributed by atoms with van der Waals surface area (Å²) in [7, 11) is 0. The first kappa shape index (κ1) is 16.8. The number of fused-ring (bicyclic) bond motifs is 1. The van der Waals surface area contributed by atoms with Crippen molar-refractivity contribution in [3.63, 3.8) is 0 Å². The van der Waals surface area contributed by atoms with Crippen molar-refractivity contribution in [3.8, 4) is 0 Å². The predicted molar refractivity (Wildman–Crippen MR) is 86.0 cm³/mol. The quantitative estimate of drug-likeness (QED) is 0.814. The first-order valence-corrected chi connectivity index (χ1v) is 7.64. The predicted octanol–water partition coefficient (Wildman–Crippen LogP) is 1.75. The zero-order chi connectivity index (χ0) is 16.5. The molecular weight excluding hydrogens is 304 g/mol. The molecule has 0 spiro atoms. The monoisotopic (exact) mass is 324 g/mol. The molecule has 1 aliphatic rings. The van der Waals surface area contributed by atoms with Crippen molar-refractivity contribution in [2.24, 2.45) is 5.41 Å². The van der Waals surface area contributed by atoms with Gasteiger partial charge in [-0.2, -0.15) is 0 Å². The molecule has 1 unspecified atom stereocenters. The Hall–Kier alpha value is -1.59. The summed E-state index contributed by atoms with van der Waals surface area (Å²) < 4.78 is 0. The molecule has 0 bridgehead atoms. The third kappa shape index (κ3) is 3.42. The second-order valence-corrected chi connectivity index (χ2v) is 6.94. The average molecular weight is 325 g/mol. The van der Waals surface area contributed by atoms with E-state index < -0.39 is 17.9 Å². The van der Waals surface area contributed by atoms with E-state index in [-0.39, 0.29) is 12.0 Å². The summed E-state index contributed by atoms with van der Waals surface area (Å²) in [5.41, 5.74) is 1.22. The molecule has 0 aromatic heterocycles.